The molecule has 0 fully saturated rings. The van der Waals surface area contributed by atoms with Gasteiger partial charge in [-0.15, -0.1) is 0 Å². The van der Waals surface area contributed by atoms with E-state index in [2.05, 4.69) is 129 Å². The van der Waals surface area contributed by atoms with Crippen LogP contribution in [0.4, 0.5) is 0 Å². The third-order valence-corrected chi connectivity index (χ3v) is 6.69. The first-order chi connectivity index (χ1) is 14.1. The molecule has 0 atom stereocenters. The molecule has 3 rings (SSSR count). The number of nitrogens with zero attached hydrogens (tertiary/aromatic N) is 2. The summed E-state index contributed by atoms with van der Waals surface area (Å²) in [4.78, 5) is 0. The van der Waals surface area contributed by atoms with Gasteiger partial charge in [-0.1, -0.05) is 91.8 Å². The van der Waals surface area contributed by atoms with E-state index in [1.165, 1.54) is 33.6 Å². The SMILES string of the molecule is CC(C)c1cccc(C(C)C)c1-n1cc[n+](-c2c(C(C)C)cccc2C(C)C)c1Br. The Hall–Kier alpha value is -1.87. The minimum Gasteiger partial charge on any atom is -0.189 e. The summed E-state index contributed by atoms with van der Waals surface area (Å²) in [6.07, 6.45) is 4.41. The fourth-order valence-electron chi connectivity index (χ4n) is 4.29. The maximum atomic E-state index is 3.98. The van der Waals surface area contributed by atoms with Crippen LogP contribution in [0.5, 0.6) is 0 Å². The lowest BCUT2D eigenvalue weighted by molar-refractivity contribution is -0.608. The monoisotopic (exact) mass is 467 g/mol. The number of hydrogen-bond acceptors (Lipinski definition) is 0. The average Bonchev–Trinajstić information content (AvgIpc) is 3.07. The maximum absolute atomic E-state index is 3.98. The van der Waals surface area contributed by atoms with Crippen molar-refractivity contribution < 1.29 is 4.57 Å². The quantitative estimate of drug-likeness (QED) is 0.324. The van der Waals surface area contributed by atoms with E-state index in [0.29, 0.717) is 23.7 Å². The summed E-state index contributed by atoms with van der Waals surface area (Å²) in [5.41, 5.74) is 8.14. The van der Waals surface area contributed by atoms with Crippen LogP contribution in [0.2, 0.25) is 0 Å². The Morgan fingerprint density at radius 3 is 1.47 bits per heavy atom. The highest BCUT2D eigenvalue weighted by Crippen LogP contribution is 2.34. The standard InChI is InChI=1S/C27H36BrN2/c1-17(2)21-11-9-12-22(18(3)4)25(21)29-15-16-30(27(29)28)26-23(19(5)6)13-10-14-24(26)20(7)8/h9-20H,1-8H3/q+1. The van der Waals surface area contributed by atoms with E-state index in [9.17, 15) is 0 Å². The summed E-state index contributed by atoms with van der Waals surface area (Å²) >= 11 is 3.98. The highest BCUT2D eigenvalue weighted by Gasteiger charge is 2.28. The summed E-state index contributed by atoms with van der Waals surface area (Å²) in [5, 5.41) is 0. The molecule has 0 saturated carbocycles. The Morgan fingerprint density at radius 1 is 0.667 bits per heavy atom. The molecule has 1 aromatic heterocycles. The second-order valence-corrected chi connectivity index (χ2v) is 10.2. The van der Waals surface area contributed by atoms with E-state index in [0.717, 1.165) is 4.73 Å². The molecular formula is C27H36BrN2+. The Morgan fingerprint density at radius 2 is 1.07 bits per heavy atom. The Kier molecular flexibility index (Phi) is 6.91. The molecule has 3 aromatic rings. The van der Waals surface area contributed by atoms with Gasteiger partial charge in [0.05, 0.1) is 15.9 Å². The largest absolute Gasteiger partial charge is 0.335 e. The third kappa shape index (κ3) is 4.14. The van der Waals surface area contributed by atoms with Crippen LogP contribution in [0.3, 0.4) is 0 Å². The van der Waals surface area contributed by atoms with E-state index in [4.69, 9.17) is 0 Å². The van der Waals surface area contributed by atoms with E-state index in [-0.39, 0.29) is 0 Å². The number of imidazole rings is 1. The third-order valence-electron chi connectivity index (χ3n) is 5.93. The zero-order chi connectivity index (χ0) is 22.2. The van der Waals surface area contributed by atoms with Crippen molar-refractivity contribution >= 4 is 15.9 Å². The smallest absolute Gasteiger partial charge is 0.189 e. The number of para-hydroxylation sites is 2. The lowest BCUT2D eigenvalue weighted by atomic mass is 9.92. The molecule has 0 aliphatic carbocycles. The highest BCUT2D eigenvalue weighted by molar-refractivity contribution is 9.10. The molecule has 0 spiro atoms. The van der Waals surface area contributed by atoms with Crippen LogP contribution in [0.1, 0.15) is 101 Å². The van der Waals surface area contributed by atoms with Crippen molar-refractivity contribution in [1.82, 2.24) is 4.57 Å². The van der Waals surface area contributed by atoms with Crippen molar-refractivity contribution in [3.8, 4) is 11.4 Å². The van der Waals surface area contributed by atoms with Gasteiger partial charge in [0.2, 0.25) is 0 Å². The first-order valence-electron chi connectivity index (χ1n) is 11.2. The molecule has 30 heavy (non-hydrogen) atoms. The van der Waals surface area contributed by atoms with Gasteiger partial charge in [-0.25, -0.2) is 0 Å². The molecule has 0 aliphatic heterocycles. The minimum absolute atomic E-state index is 0.454. The number of aromatic nitrogens is 2. The number of benzene rings is 2. The fraction of sp³-hybridized carbons (Fsp3) is 0.444. The van der Waals surface area contributed by atoms with Crippen LogP contribution in [-0.4, -0.2) is 4.57 Å². The first kappa shape index (κ1) is 22.8. The summed E-state index contributed by atoms with van der Waals surface area (Å²) in [7, 11) is 0. The van der Waals surface area contributed by atoms with Crippen molar-refractivity contribution in [2.75, 3.05) is 0 Å². The van der Waals surface area contributed by atoms with Crippen LogP contribution in [0.15, 0.2) is 53.5 Å². The number of hydrogen-bond donors (Lipinski definition) is 0. The van der Waals surface area contributed by atoms with Crippen molar-refractivity contribution in [2.24, 2.45) is 0 Å². The molecule has 160 valence electrons. The van der Waals surface area contributed by atoms with Gasteiger partial charge in [-0.05, 0) is 23.7 Å². The van der Waals surface area contributed by atoms with Crippen molar-refractivity contribution in [3.63, 3.8) is 0 Å². The molecule has 3 heteroatoms. The van der Waals surface area contributed by atoms with Gasteiger partial charge in [0.1, 0.15) is 23.8 Å². The van der Waals surface area contributed by atoms with E-state index >= 15 is 0 Å². The minimum atomic E-state index is 0.454. The molecular weight excluding hydrogens is 432 g/mol. The molecule has 0 N–H and O–H groups in total. The normalized spacial score (nSPS) is 12.0. The number of halogens is 1. The fourth-order valence-corrected chi connectivity index (χ4v) is 4.88. The van der Waals surface area contributed by atoms with Crippen molar-refractivity contribution in [2.45, 2.75) is 79.1 Å². The van der Waals surface area contributed by atoms with Crippen molar-refractivity contribution in [3.05, 3.63) is 75.8 Å². The van der Waals surface area contributed by atoms with Gasteiger partial charge in [0.25, 0.3) is 0 Å². The second kappa shape index (κ2) is 9.09. The topological polar surface area (TPSA) is 8.81 Å². The molecule has 0 saturated heterocycles. The lowest BCUT2D eigenvalue weighted by Gasteiger charge is -2.18. The summed E-state index contributed by atoms with van der Waals surface area (Å²) in [6, 6.07) is 13.5. The van der Waals surface area contributed by atoms with Crippen LogP contribution < -0.4 is 4.57 Å². The van der Waals surface area contributed by atoms with Gasteiger partial charge < -0.3 is 0 Å². The molecule has 0 amide bonds. The second-order valence-electron chi connectivity index (χ2n) is 9.50. The molecule has 0 unspecified atom stereocenters. The lowest BCUT2D eigenvalue weighted by Crippen LogP contribution is -2.34. The molecule has 0 radical (unpaired) electrons. The van der Waals surface area contributed by atoms with Gasteiger partial charge in [-0.2, -0.15) is 9.13 Å². The van der Waals surface area contributed by atoms with Gasteiger partial charge in [-0.3, -0.25) is 0 Å². The molecule has 1 heterocycles. The van der Waals surface area contributed by atoms with E-state index in [1.54, 1.807) is 0 Å². The first-order valence-corrected chi connectivity index (χ1v) is 12.0. The predicted octanol–water partition coefficient (Wildman–Crippen LogP) is 8.01. The maximum Gasteiger partial charge on any atom is 0.335 e. The molecule has 2 aromatic carbocycles. The molecule has 0 aliphatic rings. The van der Waals surface area contributed by atoms with Crippen LogP contribution in [-0.2, 0) is 0 Å². The highest BCUT2D eigenvalue weighted by atomic mass is 79.9. The Labute approximate surface area is 191 Å². The summed E-state index contributed by atoms with van der Waals surface area (Å²) in [5.74, 6) is 1.82. The Bertz CT molecular complexity index is 892. The van der Waals surface area contributed by atoms with E-state index in [1.807, 2.05) is 0 Å². The molecule has 0 bridgehead atoms. The van der Waals surface area contributed by atoms with Crippen LogP contribution in [0, 0.1) is 0 Å². The van der Waals surface area contributed by atoms with Gasteiger partial charge >= 0.3 is 4.73 Å². The van der Waals surface area contributed by atoms with Gasteiger partial charge in [0, 0.05) is 22.3 Å². The summed E-state index contributed by atoms with van der Waals surface area (Å²) in [6.45, 7) is 18.2. The van der Waals surface area contributed by atoms with Crippen LogP contribution in [0.25, 0.3) is 11.4 Å². The zero-order valence-electron chi connectivity index (χ0n) is 19.7. The summed E-state index contributed by atoms with van der Waals surface area (Å²) < 4.78 is 5.71. The average molecular weight is 469 g/mol. The van der Waals surface area contributed by atoms with Gasteiger partial charge in [0.15, 0.2) is 0 Å². The molecule has 2 nitrogen and oxygen atoms in total. The predicted molar refractivity (Wildman–Crippen MR) is 131 cm³/mol. The Balaban J connectivity index is 2.32. The van der Waals surface area contributed by atoms with E-state index < -0.39 is 0 Å². The zero-order valence-corrected chi connectivity index (χ0v) is 21.3. The van der Waals surface area contributed by atoms with Crippen molar-refractivity contribution in [1.29, 1.82) is 0 Å². The number of rotatable bonds is 6. The van der Waals surface area contributed by atoms with Crippen LogP contribution >= 0.6 is 15.9 Å².